The van der Waals surface area contributed by atoms with E-state index < -0.39 is 31.1 Å². The second-order valence-corrected chi connectivity index (χ2v) is 44.5. The van der Waals surface area contributed by atoms with Crippen LogP contribution in [0.15, 0.2) is 66.8 Å². The Hall–Kier alpha value is -1.27. The third-order valence-corrected chi connectivity index (χ3v) is 34.3. The topological polar surface area (TPSA) is 94.1 Å². The Balaban J connectivity index is 1.07. The SMILES string of the molecule is C=C1C[C@H](CCC(O)/C=C/[C@H](O[Si](C)(C)C(C)(C)C)[C@@H]2O[C@H]3CC[C@H](CC)O[C@@H]3[C@H](C)[C@@H]2O[Si](C)(C)C(C)(C)C)OC1CC[C@H]1C[C@@H](C)C(=C)C(C[C@@H]2O[C@H](C[C@H](C)CO[Si](C)(C)C(C)(C)C)[C@H](C)[C@H]2Cc2ccccc2)O1. The maximum atomic E-state index is 11.7. The zero-order chi connectivity index (χ0) is 57.9. The summed E-state index contributed by atoms with van der Waals surface area (Å²) in [7, 11) is -6.38. The van der Waals surface area contributed by atoms with E-state index in [0.29, 0.717) is 30.1 Å². The molecule has 0 amide bonds. The van der Waals surface area contributed by atoms with Gasteiger partial charge in [-0.15, -0.1) is 0 Å². The Kier molecular flexibility index (Phi) is 22.6. The molecule has 0 spiro atoms. The number of fused-ring (bicyclic) bond motifs is 1. The van der Waals surface area contributed by atoms with Crippen LogP contribution in [-0.2, 0) is 43.4 Å². The van der Waals surface area contributed by atoms with Crippen molar-refractivity contribution in [1.29, 1.82) is 0 Å². The van der Waals surface area contributed by atoms with Gasteiger partial charge in [-0.1, -0.05) is 153 Å². The molecule has 0 bridgehead atoms. The van der Waals surface area contributed by atoms with Crippen LogP contribution in [0.1, 0.15) is 173 Å². The molecular weight excluding hydrogens is 1020 g/mol. The van der Waals surface area contributed by atoms with E-state index in [1.807, 2.05) is 6.08 Å². The van der Waals surface area contributed by atoms with Crippen LogP contribution in [0.25, 0.3) is 0 Å². The third-order valence-electron chi connectivity index (χ3n) is 20.8. The van der Waals surface area contributed by atoms with Crippen molar-refractivity contribution in [2.45, 2.75) is 308 Å². The second kappa shape index (κ2) is 26.8. The highest BCUT2D eigenvalue weighted by Gasteiger charge is 2.54. The molecule has 1 N–H and O–H groups in total. The van der Waals surface area contributed by atoms with Gasteiger partial charge in [0, 0.05) is 18.9 Å². The van der Waals surface area contributed by atoms with Crippen LogP contribution in [0.3, 0.4) is 0 Å². The lowest BCUT2D eigenvalue weighted by molar-refractivity contribution is -0.251. The van der Waals surface area contributed by atoms with E-state index in [1.54, 1.807) is 0 Å². The summed E-state index contributed by atoms with van der Waals surface area (Å²) in [5.74, 6) is 1.70. The molecule has 5 heterocycles. The van der Waals surface area contributed by atoms with Gasteiger partial charge >= 0.3 is 0 Å². The molecule has 1 aromatic carbocycles. The van der Waals surface area contributed by atoms with Gasteiger partial charge in [-0.3, -0.25) is 0 Å². The molecule has 1 aromatic rings. The Labute approximate surface area is 480 Å². The van der Waals surface area contributed by atoms with Crippen LogP contribution < -0.4 is 0 Å². The van der Waals surface area contributed by atoms with Crippen molar-refractivity contribution in [2.75, 3.05) is 6.61 Å². The molecule has 6 rings (SSSR count). The number of aliphatic hydroxyl groups excluding tert-OH is 1. The van der Waals surface area contributed by atoms with Crippen LogP contribution in [0, 0.1) is 29.6 Å². The van der Waals surface area contributed by atoms with E-state index >= 15 is 0 Å². The molecule has 18 atom stereocenters. The monoisotopic (exact) mass is 1140 g/mol. The molecule has 0 aromatic heterocycles. The van der Waals surface area contributed by atoms with Crippen molar-refractivity contribution in [3.8, 4) is 0 Å². The molecule has 12 heteroatoms. The Morgan fingerprint density at radius 3 is 1.99 bits per heavy atom. The highest BCUT2D eigenvalue weighted by molar-refractivity contribution is 6.75. The summed E-state index contributed by atoms with van der Waals surface area (Å²) < 4.78 is 56.4. The summed E-state index contributed by atoms with van der Waals surface area (Å²) >= 11 is 0. The average molecular weight is 1140 g/mol. The van der Waals surface area contributed by atoms with Crippen molar-refractivity contribution >= 4 is 25.0 Å². The predicted octanol–water partition coefficient (Wildman–Crippen LogP) is 16.4. The van der Waals surface area contributed by atoms with Crippen LogP contribution in [0.5, 0.6) is 0 Å². The number of rotatable bonds is 23. The summed E-state index contributed by atoms with van der Waals surface area (Å²) in [5, 5.41) is 11.9. The first kappa shape index (κ1) is 65.9. The van der Waals surface area contributed by atoms with Crippen LogP contribution in [0.4, 0.5) is 0 Å². The number of ether oxygens (including phenoxy) is 5. The number of benzene rings is 1. The molecule has 9 nitrogen and oxygen atoms in total. The fourth-order valence-electron chi connectivity index (χ4n) is 12.2. The maximum Gasteiger partial charge on any atom is 0.193 e. The highest BCUT2D eigenvalue weighted by atomic mass is 28.4. The summed E-state index contributed by atoms with van der Waals surface area (Å²) in [6.07, 6.45) is 13.7. The molecule has 446 valence electrons. The summed E-state index contributed by atoms with van der Waals surface area (Å²) in [6.45, 7) is 56.3. The average Bonchev–Trinajstić information content (AvgIpc) is 3.91. The smallest absolute Gasteiger partial charge is 0.193 e. The lowest BCUT2D eigenvalue weighted by Gasteiger charge is -2.54. The molecule has 0 aliphatic carbocycles. The standard InChI is InChI=1S/C66H116O9Si3/c1-23-51-32-36-56-61(71-51)48(7)62(75-78(21,22)66(14,15)16)63(73-56)57(74-77(19,20)65(11,12)13)34-30-50(67)29-31-52-39-45(4)55(69-52)35-33-53-38-44(3)46(5)59(70-53)41-60-54(40-49-27-25-24-26-28-49)47(6)58(72-60)37-43(2)42-68-76(17,18)64(8,9)10/h24-28,30,34,43-44,47-48,50-63,67H,4-5,23,29,31-33,35-42H2,1-3,6-22H3/b34-30+/t43-,44+,47+,48-,50?,51-,52-,53-,54+,55?,56-,57-,58+,59?,60-,61+,62-,63-/m0/s1. The van der Waals surface area contributed by atoms with E-state index in [-0.39, 0.29) is 94.3 Å². The summed E-state index contributed by atoms with van der Waals surface area (Å²) in [5.41, 5.74) is 3.72. The molecule has 3 unspecified atom stereocenters. The van der Waals surface area contributed by atoms with Crippen molar-refractivity contribution in [1.82, 2.24) is 0 Å². The van der Waals surface area contributed by atoms with Gasteiger partial charge in [-0.05, 0) is 165 Å². The van der Waals surface area contributed by atoms with Gasteiger partial charge in [0.25, 0.3) is 0 Å². The van der Waals surface area contributed by atoms with Crippen LogP contribution in [-0.4, -0.2) is 116 Å². The van der Waals surface area contributed by atoms with Gasteiger partial charge in [-0.2, -0.15) is 0 Å². The quantitative estimate of drug-likeness (QED) is 0.0849. The fourth-order valence-corrected chi connectivity index (χ4v) is 15.9. The zero-order valence-electron chi connectivity index (χ0n) is 53.3. The fraction of sp³-hybridized carbons (Fsp3) is 0.818. The summed E-state index contributed by atoms with van der Waals surface area (Å²) in [6, 6.07) is 11.0. The Morgan fingerprint density at radius 2 is 1.36 bits per heavy atom. The molecule has 5 aliphatic rings. The van der Waals surface area contributed by atoms with Gasteiger partial charge in [0.05, 0.1) is 73.2 Å². The zero-order valence-corrected chi connectivity index (χ0v) is 56.3. The minimum atomic E-state index is -2.30. The molecule has 0 saturated carbocycles. The first-order chi connectivity index (χ1) is 36.1. The van der Waals surface area contributed by atoms with Crippen LogP contribution in [0.2, 0.25) is 54.4 Å². The summed E-state index contributed by atoms with van der Waals surface area (Å²) in [4.78, 5) is 0. The number of aliphatic hydroxyl groups is 1. The first-order valence-corrected chi connectivity index (χ1v) is 39.9. The van der Waals surface area contributed by atoms with Gasteiger partial charge in [0.15, 0.2) is 25.0 Å². The molecule has 5 fully saturated rings. The van der Waals surface area contributed by atoms with E-state index in [1.165, 1.54) is 11.1 Å². The lowest BCUT2D eigenvalue weighted by Crippen LogP contribution is -2.64. The van der Waals surface area contributed by atoms with Crippen molar-refractivity contribution in [3.05, 3.63) is 72.4 Å². The second-order valence-electron chi connectivity index (χ2n) is 30.1. The van der Waals surface area contributed by atoms with Gasteiger partial charge < -0.3 is 42.1 Å². The van der Waals surface area contributed by atoms with Crippen molar-refractivity contribution < 1.29 is 42.1 Å². The Morgan fingerprint density at radius 1 is 0.718 bits per heavy atom. The van der Waals surface area contributed by atoms with Crippen molar-refractivity contribution in [3.63, 3.8) is 0 Å². The largest absolute Gasteiger partial charge is 0.417 e. The lowest BCUT2D eigenvalue weighted by atomic mass is 9.78. The molecular formula is C66H116O9Si3. The molecule has 0 radical (unpaired) electrons. The van der Waals surface area contributed by atoms with Crippen LogP contribution >= 0.6 is 0 Å². The predicted molar refractivity (Wildman–Crippen MR) is 331 cm³/mol. The van der Waals surface area contributed by atoms with E-state index in [0.717, 1.165) is 82.8 Å². The van der Waals surface area contributed by atoms with Gasteiger partial charge in [-0.25, -0.2) is 0 Å². The van der Waals surface area contributed by atoms with E-state index in [2.05, 4.69) is 186 Å². The molecule has 5 aliphatic heterocycles. The van der Waals surface area contributed by atoms with Gasteiger partial charge in [0.2, 0.25) is 0 Å². The first-order valence-electron chi connectivity index (χ1n) is 31.1. The number of hydrogen-bond acceptors (Lipinski definition) is 9. The van der Waals surface area contributed by atoms with E-state index in [9.17, 15) is 5.11 Å². The minimum absolute atomic E-state index is 0.0148. The van der Waals surface area contributed by atoms with Crippen molar-refractivity contribution in [2.24, 2.45) is 29.6 Å². The van der Waals surface area contributed by atoms with Gasteiger partial charge in [0.1, 0.15) is 6.10 Å². The van der Waals surface area contributed by atoms with E-state index in [4.69, 9.17) is 37.0 Å². The maximum absolute atomic E-state index is 11.7. The molecule has 78 heavy (non-hydrogen) atoms. The third kappa shape index (κ3) is 16.8. The minimum Gasteiger partial charge on any atom is -0.417 e. The highest BCUT2D eigenvalue weighted by Crippen LogP contribution is 2.47. The molecule has 5 saturated heterocycles. The number of hydrogen-bond donors (Lipinski definition) is 1. The Bertz CT molecular complexity index is 2090. The normalized spacial score (nSPS) is 34.1.